The van der Waals surface area contributed by atoms with Crippen LogP contribution in [-0.2, 0) is 0 Å². The number of hydroxylamine groups is 2. The zero-order valence-corrected chi connectivity index (χ0v) is 8.42. The van der Waals surface area contributed by atoms with Crippen molar-refractivity contribution in [2.24, 2.45) is 0 Å². The zero-order valence-electron chi connectivity index (χ0n) is 8.42. The topological polar surface area (TPSA) is 26.3 Å². The van der Waals surface area contributed by atoms with Crippen molar-refractivity contribution in [2.75, 3.05) is 7.05 Å². The summed E-state index contributed by atoms with van der Waals surface area (Å²) in [5, 5.41) is 12.1. The van der Waals surface area contributed by atoms with Crippen LogP contribution >= 0.6 is 0 Å². The third-order valence-electron chi connectivity index (χ3n) is 1.97. The van der Waals surface area contributed by atoms with Gasteiger partial charge in [0, 0.05) is 5.54 Å². The highest BCUT2D eigenvalue weighted by molar-refractivity contribution is 5.11. The van der Waals surface area contributed by atoms with E-state index in [4.69, 9.17) is 0 Å². The first-order valence-electron chi connectivity index (χ1n) is 4.09. The summed E-state index contributed by atoms with van der Waals surface area (Å²) < 4.78 is 0. The van der Waals surface area contributed by atoms with Crippen LogP contribution in [-0.4, -0.2) is 17.6 Å². The molecule has 0 saturated carbocycles. The minimum absolute atomic E-state index is 0.316. The maximum Gasteiger partial charge on any atom is 0.00686 e. The molecule has 70 valence electrons. The smallest absolute Gasteiger partial charge is 0.00686 e. The molecule has 0 aromatic heterocycles. The minimum Gasteiger partial charge on any atom is -0.785 e. The Morgan fingerprint density at radius 1 is 1.58 bits per heavy atom. The molecule has 0 unspecified atom stereocenters. The van der Waals surface area contributed by atoms with E-state index in [1.54, 1.807) is 13.1 Å². The van der Waals surface area contributed by atoms with E-state index >= 15 is 0 Å². The molecular formula is C10H18NO-. The van der Waals surface area contributed by atoms with Gasteiger partial charge < -0.3 is 10.3 Å². The predicted octanol–water partition coefficient (Wildman–Crippen LogP) is 2.72. The van der Waals surface area contributed by atoms with Crippen LogP contribution in [0.1, 0.15) is 27.2 Å². The van der Waals surface area contributed by atoms with E-state index in [2.05, 4.69) is 6.58 Å². The molecule has 0 rings (SSSR count). The highest BCUT2D eigenvalue weighted by Crippen LogP contribution is 2.20. The molecule has 0 aromatic rings. The lowest BCUT2D eigenvalue weighted by molar-refractivity contribution is 0.224. The SMILES string of the molecule is C=C/C=C(\C)CC(C)(C)N(C)[O-]. The van der Waals surface area contributed by atoms with Crippen LogP contribution in [0.15, 0.2) is 24.3 Å². The highest BCUT2D eigenvalue weighted by Gasteiger charge is 2.16. The van der Waals surface area contributed by atoms with Crippen molar-refractivity contribution >= 4 is 0 Å². The maximum absolute atomic E-state index is 11.1. The molecule has 0 bridgehead atoms. The van der Waals surface area contributed by atoms with Gasteiger partial charge in [0.2, 0.25) is 0 Å². The molecule has 0 aromatic carbocycles. The Morgan fingerprint density at radius 3 is 2.42 bits per heavy atom. The molecule has 0 aliphatic rings. The van der Waals surface area contributed by atoms with Gasteiger partial charge in [-0.1, -0.05) is 24.3 Å². The van der Waals surface area contributed by atoms with E-state index in [-0.39, 0.29) is 5.54 Å². The molecule has 2 heteroatoms. The first kappa shape index (κ1) is 11.4. The van der Waals surface area contributed by atoms with Gasteiger partial charge in [0.1, 0.15) is 0 Å². The lowest BCUT2D eigenvalue weighted by atomic mass is 9.95. The van der Waals surface area contributed by atoms with Crippen LogP contribution in [0.2, 0.25) is 0 Å². The van der Waals surface area contributed by atoms with Crippen molar-refractivity contribution in [3.8, 4) is 0 Å². The summed E-state index contributed by atoms with van der Waals surface area (Å²) in [6, 6.07) is 0. The molecule has 0 N–H and O–H groups in total. The standard InChI is InChI=1S/C10H18NO/c1-6-7-9(2)8-10(3,4)11(5)12/h6-7H,1,8H2,2-5H3/q-1/b9-7+. The quantitative estimate of drug-likeness (QED) is 0.476. The van der Waals surface area contributed by atoms with Crippen molar-refractivity contribution in [1.82, 2.24) is 5.06 Å². The molecule has 0 aliphatic heterocycles. The molecular weight excluding hydrogens is 150 g/mol. The first-order chi connectivity index (χ1) is 5.40. The Labute approximate surface area is 75.2 Å². The molecule has 0 saturated heterocycles. The van der Waals surface area contributed by atoms with Crippen LogP contribution in [0.25, 0.3) is 0 Å². The zero-order chi connectivity index (χ0) is 9.78. The average Bonchev–Trinajstić information content (AvgIpc) is 1.85. The largest absolute Gasteiger partial charge is 0.785 e. The van der Waals surface area contributed by atoms with Crippen LogP contribution in [0.3, 0.4) is 0 Å². The van der Waals surface area contributed by atoms with E-state index < -0.39 is 0 Å². The van der Waals surface area contributed by atoms with Gasteiger partial charge in [-0.05, 0) is 34.2 Å². The van der Waals surface area contributed by atoms with Crippen LogP contribution < -0.4 is 0 Å². The average molecular weight is 168 g/mol. The van der Waals surface area contributed by atoms with E-state index in [1.165, 1.54) is 5.57 Å². The minimum atomic E-state index is -0.316. The number of nitrogens with zero attached hydrogens (tertiary/aromatic N) is 1. The van der Waals surface area contributed by atoms with E-state index in [0.29, 0.717) is 0 Å². The summed E-state index contributed by atoms with van der Waals surface area (Å²) in [4.78, 5) is 0. The molecule has 0 amide bonds. The van der Waals surface area contributed by atoms with E-state index in [9.17, 15) is 5.21 Å². The predicted molar refractivity (Wildman–Crippen MR) is 53.8 cm³/mol. The third kappa shape index (κ3) is 3.69. The normalized spacial score (nSPS) is 13.7. The maximum atomic E-state index is 11.1. The fourth-order valence-corrected chi connectivity index (χ4v) is 1.05. The van der Waals surface area contributed by atoms with Gasteiger partial charge in [-0.3, -0.25) is 0 Å². The Balaban J connectivity index is 4.24. The van der Waals surface area contributed by atoms with E-state index in [1.807, 2.05) is 26.8 Å². The Kier molecular flexibility index (Phi) is 4.21. The fraction of sp³-hybridized carbons (Fsp3) is 0.600. The summed E-state index contributed by atoms with van der Waals surface area (Å²) in [7, 11) is 1.56. The second-order valence-electron chi connectivity index (χ2n) is 3.74. The molecule has 0 fully saturated rings. The summed E-state index contributed by atoms with van der Waals surface area (Å²) in [5.41, 5.74) is 0.863. The molecule has 0 aliphatic carbocycles. The summed E-state index contributed by atoms with van der Waals surface area (Å²) in [6.07, 6.45) is 4.46. The number of hydrogen-bond donors (Lipinski definition) is 0. The number of hydrogen-bond acceptors (Lipinski definition) is 2. The van der Waals surface area contributed by atoms with Gasteiger partial charge in [-0.25, -0.2) is 0 Å². The van der Waals surface area contributed by atoms with Gasteiger partial charge in [0.05, 0.1) is 0 Å². The molecule has 0 atom stereocenters. The second-order valence-corrected chi connectivity index (χ2v) is 3.74. The van der Waals surface area contributed by atoms with Gasteiger partial charge in [0.25, 0.3) is 0 Å². The lowest BCUT2D eigenvalue weighted by Gasteiger charge is -2.41. The van der Waals surface area contributed by atoms with Crippen molar-refractivity contribution in [1.29, 1.82) is 0 Å². The monoisotopic (exact) mass is 168 g/mol. The highest BCUT2D eigenvalue weighted by atomic mass is 16.5. The van der Waals surface area contributed by atoms with Gasteiger partial charge in [-0.15, -0.1) is 0 Å². The molecule has 2 nitrogen and oxygen atoms in total. The number of allylic oxidation sites excluding steroid dienone is 2. The number of rotatable bonds is 4. The van der Waals surface area contributed by atoms with E-state index in [0.717, 1.165) is 11.5 Å². The third-order valence-corrected chi connectivity index (χ3v) is 1.97. The van der Waals surface area contributed by atoms with Crippen LogP contribution in [0.4, 0.5) is 0 Å². The summed E-state index contributed by atoms with van der Waals surface area (Å²) in [6.45, 7) is 9.48. The van der Waals surface area contributed by atoms with Crippen molar-refractivity contribution in [3.63, 3.8) is 0 Å². The fourth-order valence-electron chi connectivity index (χ4n) is 1.05. The molecule has 0 heterocycles. The summed E-state index contributed by atoms with van der Waals surface area (Å²) >= 11 is 0. The van der Waals surface area contributed by atoms with Gasteiger partial charge in [-0.2, -0.15) is 0 Å². The van der Waals surface area contributed by atoms with Gasteiger partial charge >= 0.3 is 0 Å². The first-order valence-corrected chi connectivity index (χ1v) is 4.09. The Hall–Kier alpha value is -0.600. The van der Waals surface area contributed by atoms with Crippen LogP contribution in [0.5, 0.6) is 0 Å². The lowest BCUT2D eigenvalue weighted by Crippen LogP contribution is -2.36. The molecule has 0 spiro atoms. The van der Waals surface area contributed by atoms with Crippen molar-refractivity contribution < 1.29 is 0 Å². The Bertz CT molecular complexity index is 180. The van der Waals surface area contributed by atoms with Crippen molar-refractivity contribution in [3.05, 3.63) is 29.5 Å². The Morgan fingerprint density at radius 2 is 2.08 bits per heavy atom. The van der Waals surface area contributed by atoms with Gasteiger partial charge in [0.15, 0.2) is 0 Å². The molecule has 12 heavy (non-hydrogen) atoms. The molecule has 0 radical (unpaired) electrons. The summed E-state index contributed by atoms with van der Waals surface area (Å²) in [5.74, 6) is 0. The van der Waals surface area contributed by atoms with Crippen LogP contribution in [0, 0.1) is 5.21 Å². The second kappa shape index (κ2) is 4.43. The van der Waals surface area contributed by atoms with Crippen molar-refractivity contribution in [2.45, 2.75) is 32.7 Å².